The number of thioether (sulfide) groups is 1. The van der Waals surface area contributed by atoms with E-state index in [1.165, 1.54) is 23.9 Å². The van der Waals surface area contributed by atoms with E-state index in [2.05, 4.69) is 10.3 Å². The summed E-state index contributed by atoms with van der Waals surface area (Å²) >= 11 is 1.29. The Kier molecular flexibility index (Phi) is 7.52. The van der Waals surface area contributed by atoms with Crippen LogP contribution in [0.3, 0.4) is 0 Å². The van der Waals surface area contributed by atoms with Crippen LogP contribution in [0.2, 0.25) is 0 Å². The van der Waals surface area contributed by atoms with Gasteiger partial charge in [0, 0.05) is 13.0 Å². The molecule has 1 aliphatic heterocycles. The molecule has 0 aliphatic carbocycles. The molecule has 1 atom stereocenters. The number of aliphatic imine (C=N–C) groups is 1. The largest absolute Gasteiger partial charge is 0.356 e. The van der Waals surface area contributed by atoms with E-state index in [-0.39, 0.29) is 30.6 Å². The molecule has 1 heterocycles. The summed E-state index contributed by atoms with van der Waals surface area (Å²) in [6.07, 6.45) is 0.807. The van der Waals surface area contributed by atoms with Gasteiger partial charge >= 0.3 is 0 Å². The van der Waals surface area contributed by atoms with Gasteiger partial charge in [0.2, 0.25) is 11.8 Å². The molecule has 0 radical (unpaired) electrons. The molecule has 1 aliphatic rings. The molecule has 1 N–H and O–H groups in total. The quantitative estimate of drug-likeness (QED) is 0.529. The number of nitrogens with zero attached hydrogens (tertiary/aromatic N) is 2. The van der Waals surface area contributed by atoms with E-state index in [4.69, 9.17) is 0 Å². The van der Waals surface area contributed by atoms with Crippen LogP contribution in [0.1, 0.15) is 17.5 Å². The lowest BCUT2D eigenvalue weighted by Crippen LogP contribution is -2.34. The summed E-state index contributed by atoms with van der Waals surface area (Å²) < 4.78 is 13.3. The van der Waals surface area contributed by atoms with E-state index in [1.54, 1.807) is 17.0 Å². The third-order valence-electron chi connectivity index (χ3n) is 5.20. The van der Waals surface area contributed by atoms with Gasteiger partial charge in [0.25, 0.3) is 0 Å². The van der Waals surface area contributed by atoms with Crippen molar-refractivity contribution >= 4 is 34.4 Å². The molecule has 0 unspecified atom stereocenters. The predicted molar refractivity (Wildman–Crippen MR) is 130 cm³/mol. The molecule has 1 saturated heterocycles. The molecule has 5 nitrogen and oxygen atoms in total. The number of carbonyl (C=O) groups is 2. The van der Waals surface area contributed by atoms with Crippen molar-refractivity contribution in [2.75, 3.05) is 6.54 Å². The molecule has 0 saturated carbocycles. The van der Waals surface area contributed by atoms with E-state index >= 15 is 0 Å². The van der Waals surface area contributed by atoms with E-state index in [1.807, 2.05) is 60.7 Å². The fourth-order valence-corrected chi connectivity index (χ4v) is 4.64. The fourth-order valence-electron chi connectivity index (χ4n) is 3.49. The van der Waals surface area contributed by atoms with Crippen molar-refractivity contribution in [3.63, 3.8) is 0 Å². The number of benzene rings is 3. The smallest absolute Gasteiger partial charge is 0.242 e. The van der Waals surface area contributed by atoms with Crippen LogP contribution in [0.4, 0.5) is 10.1 Å². The third-order valence-corrected chi connectivity index (χ3v) is 6.38. The Balaban J connectivity index is 1.43. The minimum atomic E-state index is -0.551. The molecule has 0 bridgehead atoms. The van der Waals surface area contributed by atoms with Gasteiger partial charge in [0.15, 0.2) is 5.17 Å². The van der Waals surface area contributed by atoms with Gasteiger partial charge in [0.05, 0.1) is 12.2 Å². The van der Waals surface area contributed by atoms with Crippen LogP contribution in [0.5, 0.6) is 0 Å². The number of amides is 2. The lowest BCUT2D eigenvalue weighted by Gasteiger charge is -2.16. The van der Waals surface area contributed by atoms with Crippen LogP contribution in [-0.4, -0.2) is 33.7 Å². The maximum absolute atomic E-state index is 13.3. The number of hydrogen-bond acceptors (Lipinski definition) is 4. The maximum atomic E-state index is 13.3. The van der Waals surface area contributed by atoms with Gasteiger partial charge in [-0.3, -0.25) is 14.5 Å². The van der Waals surface area contributed by atoms with Crippen LogP contribution in [0, 0.1) is 5.82 Å². The van der Waals surface area contributed by atoms with Gasteiger partial charge < -0.3 is 5.32 Å². The van der Waals surface area contributed by atoms with Crippen LogP contribution < -0.4 is 5.32 Å². The second-order valence-electron chi connectivity index (χ2n) is 7.68. The average Bonchev–Trinajstić information content (AvgIpc) is 3.10. The highest BCUT2D eigenvalue weighted by atomic mass is 32.2. The summed E-state index contributed by atoms with van der Waals surface area (Å²) in [5, 5.41) is 2.90. The summed E-state index contributed by atoms with van der Waals surface area (Å²) in [4.78, 5) is 31.9. The number of halogens is 1. The molecular weight excluding hydrogens is 437 g/mol. The maximum Gasteiger partial charge on any atom is 0.242 e. The molecule has 33 heavy (non-hydrogen) atoms. The van der Waals surface area contributed by atoms with Gasteiger partial charge in [0.1, 0.15) is 11.1 Å². The monoisotopic (exact) mass is 461 g/mol. The Hall–Kier alpha value is -3.45. The Morgan fingerprint density at radius 1 is 0.939 bits per heavy atom. The van der Waals surface area contributed by atoms with Crippen molar-refractivity contribution in [3.8, 4) is 0 Å². The molecule has 0 aromatic heterocycles. The number of carbonyl (C=O) groups excluding carboxylic acids is 2. The van der Waals surface area contributed by atoms with Crippen molar-refractivity contribution in [2.45, 2.75) is 24.6 Å². The molecule has 168 valence electrons. The van der Waals surface area contributed by atoms with Gasteiger partial charge in [-0.1, -0.05) is 72.4 Å². The van der Waals surface area contributed by atoms with Crippen LogP contribution in [0.25, 0.3) is 0 Å². The highest BCUT2D eigenvalue weighted by Gasteiger charge is 2.39. The zero-order chi connectivity index (χ0) is 23.0. The van der Waals surface area contributed by atoms with Crippen molar-refractivity contribution in [2.24, 2.45) is 4.99 Å². The summed E-state index contributed by atoms with van der Waals surface area (Å²) in [6.45, 7) is 0.780. The Bertz CT molecular complexity index is 1120. The molecule has 0 spiro atoms. The summed E-state index contributed by atoms with van der Waals surface area (Å²) in [5.41, 5.74) is 2.66. The molecule has 3 aromatic rings. The first kappa shape index (κ1) is 22.7. The number of rotatable bonds is 8. The number of para-hydroxylation sites is 1. The molecule has 2 amide bonds. The lowest BCUT2D eigenvalue weighted by atomic mass is 10.1. The normalized spacial score (nSPS) is 16.9. The van der Waals surface area contributed by atoms with Crippen LogP contribution in [-0.2, 0) is 22.6 Å². The first-order valence-corrected chi connectivity index (χ1v) is 11.6. The second kappa shape index (κ2) is 10.9. The fraction of sp³-hybridized carbons (Fsp3) is 0.192. The first-order chi connectivity index (χ1) is 16.1. The summed E-state index contributed by atoms with van der Waals surface area (Å²) in [6, 6.07) is 25.3. The average molecular weight is 462 g/mol. The molecule has 7 heteroatoms. The van der Waals surface area contributed by atoms with Crippen molar-refractivity contribution in [3.05, 3.63) is 102 Å². The number of hydrogen-bond donors (Lipinski definition) is 1. The van der Waals surface area contributed by atoms with Crippen LogP contribution >= 0.6 is 11.8 Å². The van der Waals surface area contributed by atoms with E-state index in [9.17, 15) is 14.0 Å². The van der Waals surface area contributed by atoms with Gasteiger partial charge in [-0.15, -0.1) is 0 Å². The molecule has 4 rings (SSSR count). The van der Waals surface area contributed by atoms with Crippen molar-refractivity contribution in [1.82, 2.24) is 10.2 Å². The first-order valence-electron chi connectivity index (χ1n) is 10.8. The lowest BCUT2D eigenvalue weighted by molar-refractivity contribution is -0.129. The molecule has 1 fully saturated rings. The zero-order valence-corrected chi connectivity index (χ0v) is 18.8. The number of amidine groups is 1. The van der Waals surface area contributed by atoms with Crippen molar-refractivity contribution in [1.29, 1.82) is 0 Å². The van der Waals surface area contributed by atoms with Gasteiger partial charge in [-0.2, -0.15) is 0 Å². The number of nitrogens with one attached hydrogen (secondary N) is 1. The predicted octanol–water partition coefficient (Wildman–Crippen LogP) is 4.71. The highest BCUT2D eigenvalue weighted by molar-refractivity contribution is 8.15. The van der Waals surface area contributed by atoms with E-state index < -0.39 is 5.25 Å². The Labute approximate surface area is 196 Å². The molecule has 3 aromatic carbocycles. The summed E-state index contributed by atoms with van der Waals surface area (Å²) in [5.74, 6) is -0.666. The second-order valence-corrected chi connectivity index (χ2v) is 8.85. The Morgan fingerprint density at radius 3 is 2.30 bits per heavy atom. The molecular formula is C26H24FN3O2S. The summed E-state index contributed by atoms with van der Waals surface area (Å²) in [7, 11) is 0. The van der Waals surface area contributed by atoms with Crippen LogP contribution in [0.15, 0.2) is 89.9 Å². The topological polar surface area (TPSA) is 61.8 Å². The van der Waals surface area contributed by atoms with Crippen molar-refractivity contribution < 1.29 is 14.0 Å². The van der Waals surface area contributed by atoms with E-state index in [0.717, 1.165) is 23.2 Å². The zero-order valence-electron chi connectivity index (χ0n) is 18.0. The van der Waals surface area contributed by atoms with Gasteiger partial charge in [-0.05, 0) is 41.8 Å². The Morgan fingerprint density at radius 2 is 1.61 bits per heavy atom. The highest BCUT2D eigenvalue weighted by Crippen LogP contribution is 2.32. The SMILES string of the molecule is O=C(C[C@H]1SC(=Nc2ccccc2)N(Cc2ccc(F)cc2)C1=O)NCCc1ccccc1. The minimum Gasteiger partial charge on any atom is -0.356 e. The minimum absolute atomic E-state index is 0.0754. The van der Waals surface area contributed by atoms with Gasteiger partial charge in [-0.25, -0.2) is 9.38 Å². The standard InChI is InChI=1S/C26H24FN3O2S/c27-21-13-11-20(12-14-21)18-30-25(32)23(33-26(30)29-22-9-5-2-6-10-22)17-24(31)28-16-15-19-7-3-1-4-8-19/h1-14,23H,15-18H2,(H,28,31)/t23-/m1/s1. The van der Waals surface area contributed by atoms with E-state index in [0.29, 0.717) is 11.7 Å². The third kappa shape index (κ3) is 6.29.